The van der Waals surface area contributed by atoms with Crippen LogP contribution < -0.4 is 0 Å². The first kappa shape index (κ1) is 15.5. The number of esters is 1. The van der Waals surface area contributed by atoms with Crippen molar-refractivity contribution in [3.63, 3.8) is 0 Å². The summed E-state index contributed by atoms with van der Waals surface area (Å²) in [5.41, 5.74) is -0.378. The minimum atomic E-state index is -0.603. The smallest absolute Gasteiger partial charge is 0.410 e. The molecule has 1 aromatic carbocycles. The highest BCUT2D eigenvalue weighted by atomic mass is 16.6. The van der Waals surface area contributed by atoms with Gasteiger partial charge in [0.25, 0.3) is 0 Å². The van der Waals surface area contributed by atoms with Crippen LogP contribution >= 0.6 is 0 Å². The first-order chi connectivity index (χ1) is 11.6. The second-order valence-electron chi connectivity index (χ2n) is 7.81. The van der Waals surface area contributed by atoms with Gasteiger partial charge in [-0.2, -0.15) is 0 Å². The number of carbonyl (C=O) groups is 2. The summed E-state index contributed by atoms with van der Waals surface area (Å²) < 4.78 is 19.4. The number of nitrogens with zero attached hydrogens (tertiary/aromatic N) is 1. The lowest BCUT2D eigenvalue weighted by Crippen LogP contribution is -2.44. The van der Waals surface area contributed by atoms with Crippen LogP contribution in [0.3, 0.4) is 0 Å². The van der Waals surface area contributed by atoms with E-state index in [0.717, 1.165) is 6.42 Å². The van der Waals surface area contributed by atoms with Crippen molar-refractivity contribution in [2.75, 3.05) is 6.61 Å². The monoisotopic (exact) mass is 332 g/mol. The summed E-state index contributed by atoms with van der Waals surface area (Å²) in [5, 5.41) is 0. The van der Waals surface area contributed by atoms with Gasteiger partial charge in [0.1, 0.15) is 12.2 Å². The summed E-state index contributed by atoms with van der Waals surface area (Å²) in [6.07, 6.45) is -0.130. The molecule has 5 nitrogen and oxygen atoms in total. The van der Waals surface area contributed by atoms with Crippen LogP contribution in [0.25, 0.3) is 0 Å². The van der Waals surface area contributed by atoms with E-state index < -0.39 is 30.1 Å². The van der Waals surface area contributed by atoms with Crippen molar-refractivity contribution in [3.05, 3.63) is 35.9 Å². The Bertz CT molecular complexity index is 672. The number of rotatable bonds is 3. The third-order valence-corrected chi connectivity index (χ3v) is 4.50. The summed E-state index contributed by atoms with van der Waals surface area (Å²) in [6.45, 7) is 7.46. The maximum absolute atomic E-state index is 12.6. The average molecular weight is 332 g/mol. The number of amides is 1. The molecule has 2 fully saturated rings. The number of likely N-dealkylation sites (tertiary alicyclic amines) is 1. The molecule has 4 atom stereocenters. The van der Waals surface area contributed by atoms with Gasteiger partial charge in [-0.05, 0) is 51.1 Å². The Hall–Kier alpha value is -2.04. The molecule has 0 spiro atoms. The molecule has 0 unspecified atom stereocenters. The summed E-state index contributed by atoms with van der Waals surface area (Å²) >= 11 is 0. The highest BCUT2D eigenvalue weighted by Gasteiger charge is 2.63. The van der Waals surface area contributed by atoms with Crippen LogP contribution in [0, 0.1) is 5.41 Å². The predicted octanol–water partition coefficient (Wildman–Crippen LogP) is 3.63. The maximum atomic E-state index is 12.6. The second kappa shape index (κ2) is 5.80. The van der Waals surface area contributed by atoms with Gasteiger partial charge in [-0.15, -0.1) is 0 Å². The Morgan fingerprint density at radius 1 is 1.33 bits per heavy atom. The molecule has 0 aromatic heterocycles. The van der Waals surface area contributed by atoms with Crippen LogP contribution in [-0.2, 0) is 9.47 Å². The first-order valence-corrected chi connectivity index (χ1v) is 8.29. The molecule has 5 heteroatoms. The van der Waals surface area contributed by atoms with E-state index in [0.29, 0.717) is 5.56 Å². The van der Waals surface area contributed by atoms with Gasteiger partial charge in [-0.25, -0.2) is 9.59 Å². The SMILES string of the molecule is [2H][C@@H]1[C@@H](COC(=O)c2ccccc2)N(C(=O)OC(C)(C)C)[C@@H]2C[C@]12C. The molecule has 3 rings (SSSR count). The van der Waals surface area contributed by atoms with E-state index in [1.807, 2.05) is 33.8 Å². The molecule has 1 amide bonds. The van der Waals surface area contributed by atoms with Gasteiger partial charge in [0.15, 0.2) is 0 Å². The number of hydrogen-bond acceptors (Lipinski definition) is 4. The van der Waals surface area contributed by atoms with Gasteiger partial charge >= 0.3 is 12.1 Å². The van der Waals surface area contributed by atoms with Gasteiger partial charge < -0.3 is 9.47 Å². The Morgan fingerprint density at radius 2 is 2.00 bits per heavy atom. The van der Waals surface area contributed by atoms with E-state index in [2.05, 4.69) is 0 Å². The molecular weight excluding hydrogens is 306 g/mol. The molecule has 1 aromatic rings. The standard InChI is InChI=1S/C19H25NO4/c1-18(2,3)24-17(22)20-14(10-19(4)11-15(19)20)12-23-16(21)13-8-6-5-7-9-13/h5-9,14-15H,10-12H2,1-4H3/t14-,15+,19-/m0/s1/i10D/t10-,14+,15-,19+/m1. The van der Waals surface area contributed by atoms with Crippen LogP contribution in [0.4, 0.5) is 4.79 Å². The van der Waals surface area contributed by atoms with Crippen LogP contribution in [0.15, 0.2) is 30.3 Å². The van der Waals surface area contributed by atoms with Gasteiger partial charge in [0.2, 0.25) is 0 Å². The zero-order chi connectivity index (χ0) is 18.4. The molecule has 0 bridgehead atoms. The fourth-order valence-electron chi connectivity index (χ4n) is 3.23. The van der Waals surface area contributed by atoms with Crippen LogP contribution in [0.2, 0.25) is 0 Å². The van der Waals surface area contributed by atoms with Crippen molar-refractivity contribution in [2.45, 2.75) is 58.2 Å². The Morgan fingerprint density at radius 3 is 2.62 bits per heavy atom. The lowest BCUT2D eigenvalue weighted by molar-refractivity contribution is 0.00570. The molecule has 1 saturated carbocycles. The van der Waals surface area contributed by atoms with Crippen LogP contribution in [-0.4, -0.2) is 41.3 Å². The van der Waals surface area contributed by atoms with Crippen molar-refractivity contribution >= 4 is 12.1 Å². The third kappa shape index (κ3) is 3.40. The van der Waals surface area contributed by atoms with Crippen molar-refractivity contribution in [2.24, 2.45) is 5.41 Å². The highest BCUT2D eigenvalue weighted by molar-refractivity contribution is 5.89. The molecule has 1 aliphatic carbocycles. The molecule has 1 aliphatic heterocycles. The highest BCUT2D eigenvalue weighted by Crippen LogP contribution is 2.59. The predicted molar refractivity (Wildman–Crippen MR) is 89.7 cm³/mol. The van der Waals surface area contributed by atoms with Crippen molar-refractivity contribution in [3.8, 4) is 0 Å². The van der Waals surface area contributed by atoms with Gasteiger partial charge in [0, 0.05) is 7.41 Å². The number of piperidine rings is 1. The first-order valence-electron chi connectivity index (χ1n) is 8.87. The van der Waals surface area contributed by atoms with Crippen molar-refractivity contribution < 1.29 is 20.4 Å². The van der Waals surface area contributed by atoms with E-state index in [9.17, 15) is 9.59 Å². The fraction of sp³-hybridized carbons (Fsp3) is 0.579. The number of ether oxygens (including phenoxy) is 2. The van der Waals surface area contributed by atoms with Crippen LogP contribution in [0.1, 0.15) is 52.2 Å². The fourth-order valence-corrected chi connectivity index (χ4v) is 3.23. The molecule has 0 radical (unpaired) electrons. The minimum absolute atomic E-state index is 0.00717. The summed E-state index contributed by atoms with van der Waals surface area (Å²) in [4.78, 5) is 26.4. The third-order valence-electron chi connectivity index (χ3n) is 4.50. The second-order valence-corrected chi connectivity index (χ2v) is 7.81. The minimum Gasteiger partial charge on any atom is -0.460 e. The molecule has 1 saturated heterocycles. The maximum Gasteiger partial charge on any atom is 0.410 e. The number of carbonyl (C=O) groups excluding carboxylic acids is 2. The van der Waals surface area contributed by atoms with Gasteiger partial charge in [-0.3, -0.25) is 4.90 Å². The van der Waals surface area contributed by atoms with E-state index >= 15 is 0 Å². The molecule has 0 N–H and O–H groups in total. The Labute approximate surface area is 144 Å². The van der Waals surface area contributed by atoms with E-state index in [4.69, 9.17) is 10.8 Å². The molecule has 130 valence electrons. The molecule has 2 aliphatic rings. The quantitative estimate of drug-likeness (QED) is 0.793. The average Bonchev–Trinajstić information content (AvgIpc) is 3.16. The number of hydrogen-bond donors (Lipinski definition) is 0. The normalized spacial score (nSPS) is 31.9. The zero-order valence-corrected chi connectivity index (χ0v) is 14.6. The summed E-state index contributed by atoms with van der Waals surface area (Å²) in [5.74, 6) is -0.442. The zero-order valence-electron chi connectivity index (χ0n) is 15.6. The Kier molecular flexibility index (Phi) is 3.74. The summed E-state index contributed by atoms with van der Waals surface area (Å²) in [6, 6.07) is 8.23. The molecule has 24 heavy (non-hydrogen) atoms. The Balaban J connectivity index is 1.70. The van der Waals surface area contributed by atoms with Gasteiger partial charge in [-0.1, -0.05) is 25.1 Å². The lowest BCUT2D eigenvalue weighted by atomic mass is 10.0. The largest absolute Gasteiger partial charge is 0.460 e. The van der Waals surface area contributed by atoms with Crippen LogP contribution in [0.5, 0.6) is 0 Å². The lowest BCUT2D eigenvalue weighted by Gasteiger charge is -2.30. The number of benzene rings is 1. The summed E-state index contributed by atoms with van der Waals surface area (Å²) in [7, 11) is 0. The van der Waals surface area contributed by atoms with E-state index in [-0.39, 0.29) is 18.1 Å². The molecule has 1 heterocycles. The van der Waals surface area contributed by atoms with Gasteiger partial charge in [0.05, 0.1) is 11.6 Å². The van der Waals surface area contributed by atoms with E-state index in [1.54, 1.807) is 29.2 Å². The van der Waals surface area contributed by atoms with Crippen molar-refractivity contribution in [1.29, 1.82) is 0 Å². The number of fused-ring (bicyclic) bond motifs is 1. The van der Waals surface area contributed by atoms with Crippen molar-refractivity contribution in [1.82, 2.24) is 4.90 Å². The molecular formula is C19H25NO4. The topological polar surface area (TPSA) is 55.8 Å². The van der Waals surface area contributed by atoms with E-state index in [1.165, 1.54) is 0 Å².